The number of aliphatic imine (C=N–C) groups is 1. The highest BCUT2D eigenvalue weighted by Gasteiger charge is 2.36. The molecular weight excluding hydrogens is 388 g/mol. The molecule has 1 saturated carbocycles. The summed E-state index contributed by atoms with van der Waals surface area (Å²) in [5.74, 6) is 0.667. The van der Waals surface area contributed by atoms with Gasteiger partial charge in [0.1, 0.15) is 0 Å². The van der Waals surface area contributed by atoms with Crippen LogP contribution in [-0.4, -0.2) is 54.8 Å². The van der Waals surface area contributed by atoms with Crippen molar-refractivity contribution in [1.29, 1.82) is 0 Å². The fourth-order valence-corrected chi connectivity index (χ4v) is 4.42. The lowest BCUT2D eigenvalue weighted by atomic mass is 9.67. The maximum absolute atomic E-state index is 12.2. The third kappa shape index (κ3) is 6.64. The number of hydrogen-bond acceptors (Lipinski definition) is 4. The predicted molar refractivity (Wildman–Crippen MR) is 109 cm³/mol. The van der Waals surface area contributed by atoms with Gasteiger partial charge >= 0.3 is 0 Å². The Morgan fingerprint density at radius 2 is 2.07 bits per heavy atom. The lowest BCUT2D eigenvalue weighted by Gasteiger charge is -2.42. The molecular formula is C18H29ClN4O3S. The highest BCUT2D eigenvalue weighted by molar-refractivity contribution is 7.89. The van der Waals surface area contributed by atoms with Crippen molar-refractivity contribution in [3.8, 4) is 0 Å². The van der Waals surface area contributed by atoms with Crippen molar-refractivity contribution < 1.29 is 13.2 Å². The van der Waals surface area contributed by atoms with Crippen LogP contribution in [0.2, 0.25) is 5.02 Å². The molecule has 1 fully saturated rings. The van der Waals surface area contributed by atoms with Crippen LogP contribution >= 0.6 is 11.6 Å². The van der Waals surface area contributed by atoms with Crippen molar-refractivity contribution >= 4 is 27.6 Å². The Labute approximate surface area is 167 Å². The lowest BCUT2D eigenvalue weighted by Crippen LogP contribution is -2.48. The molecule has 0 saturated heterocycles. The number of nitrogens with one attached hydrogen (secondary N) is 3. The summed E-state index contributed by atoms with van der Waals surface area (Å²) in [6.45, 7) is 2.26. The first-order chi connectivity index (χ1) is 12.9. The molecule has 27 heavy (non-hydrogen) atoms. The van der Waals surface area contributed by atoms with E-state index in [0.717, 1.165) is 19.6 Å². The topological polar surface area (TPSA) is 91.8 Å². The number of ether oxygens (including phenoxy) is 1. The molecule has 0 amide bonds. The Morgan fingerprint density at radius 3 is 2.67 bits per heavy atom. The van der Waals surface area contributed by atoms with E-state index in [1.54, 1.807) is 26.3 Å². The van der Waals surface area contributed by atoms with Gasteiger partial charge in [0.25, 0.3) is 0 Å². The molecule has 9 heteroatoms. The van der Waals surface area contributed by atoms with Gasteiger partial charge in [0.15, 0.2) is 5.96 Å². The molecule has 1 aromatic rings. The molecule has 0 bridgehead atoms. The summed E-state index contributed by atoms with van der Waals surface area (Å²) >= 11 is 5.86. The number of methoxy groups -OCH3 is 1. The van der Waals surface area contributed by atoms with Crippen LogP contribution in [0.15, 0.2) is 34.2 Å². The first-order valence-electron chi connectivity index (χ1n) is 9.09. The molecule has 0 aliphatic heterocycles. The Morgan fingerprint density at radius 1 is 1.30 bits per heavy atom. The molecule has 0 heterocycles. The van der Waals surface area contributed by atoms with Gasteiger partial charge in [0.2, 0.25) is 10.0 Å². The van der Waals surface area contributed by atoms with E-state index in [2.05, 4.69) is 20.3 Å². The lowest BCUT2D eigenvalue weighted by molar-refractivity contribution is 0.0732. The van der Waals surface area contributed by atoms with Gasteiger partial charge in [-0.2, -0.15) is 0 Å². The summed E-state index contributed by atoms with van der Waals surface area (Å²) in [7, 11) is -0.147. The van der Waals surface area contributed by atoms with Crippen LogP contribution in [0.3, 0.4) is 0 Å². The second kappa shape index (κ2) is 10.3. The Kier molecular flexibility index (Phi) is 8.34. The summed E-state index contributed by atoms with van der Waals surface area (Å²) in [4.78, 5) is 4.36. The predicted octanol–water partition coefficient (Wildman–Crippen LogP) is 1.99. The molecule has 2 rings (SSSR count). The van der Waals surface area contributed by atoms with Crippen LogP contribution in [0.4, 0.5) is 0 Å². The molecule has 0 atom stereocenters. The number of halogens is 1. The van der Waals surface area contributed by atoms with Crippen molar-refractivity contribution in [1.82, 2.24) is 15.4 Å². The van der Waals surface area contributed by atoms with Gasteiger partial charge < -0.3 is 15.4 Å². The van der Waals surface area contributed by atoms with E-state index in [0.29, 0.717) is 17.5 Å². The number of rotatable bonds is 10. The van der Waals surface area contributed by atoms with E-state index in [1.807, 2.05) is 0 Å². The first-order valence-corrected chi connectivity index (χ1v) is 11.0. The Bertz CT molecular complexity index is 736. The van der Waals surface area contributed by atoms with Gasteiger partial charge in [0.05, 0.1) is 4.90 Å². The summed E-state index contributed by atoms with van der Waals surface area (Å²) < 4.78 is 32.3. The van der Waals surface area contributed by atoms with E-state index >= 15 is 0 Å². The zero-order chi connectivity index (χ0) is 19.8. The van der Waals surface area contributed by atoms with Crippen LogP contribution < -0.4 is 15.4 Å². The van der Waals surface area contributed by atoms with Gasteiger partial charge in [-0.3, -0.25) is 4.99 Å². The van der Waals surface area contributed by atoms with Crippen LogP contribution in [0.25, 0.3) is 0 Å². The van der Waals surface area contributed by atoms with E-state index in [9.17, 15) is 8.42 Å². The fraction of sp³-hybridized carbons (Fsp3) is 0.611. The number of benzene rings is 1. The maximum atomic E-state index is 12.2. The van der Waals surface area contributed by atoms with E-state index < -0.39 is 10.0 Å². The quantitative estimate of drug-likeness (QED) is 0.308. The van der Waals surface area contributed by atoms with E-state index in [-0.39, 0.29) is 16.9 Å². The van der Waals surface area contributed by atoms with Crippen LogP contribution in [0.1, 0.15) is 25.7 Å². The van der Waals surface area contributed by atoms with Gasteiger partial charge in [0, 0.05) is 45.4 Å². The zero-order valence-corrected chi connectivity index (χ0v) is 17.5. The zero-order valence-electron chi connectivity index (χ0n) is 15.9. The Balaban J connectivity index is 1.75. The number of guanidine groups is 1. The molecule has 0 unspecified atom stereocenters. The van der Waals surface area contributed by atoms with Crippen molar-refractivity contribution in [3.05, 3.63) is 29.3 Å². The first kappa shape index (κ1) is 21.9. The molecule has 3 N–H and O–H groups in total. The number of hydrogen-bond donors (Lipinski definition) is 3. The smallest absolute Gasteiger partial charge is 0.240 e. The highest BCUT2D eigenvalue weighted by atomic mass is 35.5. The van der Waals surface area contributed by atoms with Crippen LogP contribution in [-0.2, 0) is 14.8 Å². The van der Waals surface area contributed by atoms with Crippen molar-refractivity contribution in [2.45, 2.75) is 30.6 Å². The molecule has 152 valence electrons. The minimum atomic E-state index is -3.58. The van der Waals surface area contributed by atoms with Gasteiger partial charge in [-0.05, 0) is 42.9 Å². The molecule has 7 nitrogen and oxygen atoms in total. The highest BCUT2D eigenvalue weighted by Crippen LogP contribution is 2.43. The summed E-state index contributed by atoms with van der Waals surface area (Å²) in [5.41, 5.74) is 0.280. The third-order valence-corrected chi connectivity index (χ3v) is 6.61. The molecule has 1 aromatic carbocycles. The van der Waals surface area contributed by atoms with E-state index in [1.165, 1.54) is 31.4 Å². The average Bonchev–Trinajstić information content (AvgIpc) is 2.62. The number of nitrogens with zero attached hydrogens (tertiary/aromatic N) is 1. The SMILES string of the molecule is CN=C(NCCNS(=O)(=O)c1cccc(Cl)c1)NCC1(CCOC)CCC1. The van der Waals surface area contributed by atoms with Crippen molar-refractivity contribution in [3.63, 3.8) is 0 Å². The second-order valence-electron chi connectivity index (χ2n) is 6.80. The molecule has 1 aliphatic carbocycles. The van der Waals surface area contributed by atoms with Gasteiger partial charge in [-0.1, -0.05) is 24.1 Å². The average molecular weight is 417 g/mol. The molecule has 0 radical (unpaired) electrons. The third-order valence-electron chi connectivity index (χ3n) is 4.92. The summed E-state index contributed by atoms with van der Waals surface area (Å²) in [5, 5.41) is 6.87. The van der Waals surface area contributed by atoms with Crippen molar-refractivity contribution in [2.24, 2.45) is 10.4 Å². The Hall–Kier alpha value is -1.35. The normalized spacial score (nSPS) is 16.6. The van der Waals surface area contributed by atoms with Gasteiger partial charge in [-0.15, -0.1) is 0 Å². The molecule has 0 spiro atoms. The van der Waals surface area contributed by atoms with E-state index in [4.69, 9.17) is 16.3 Å². The van der Waals surface area contributed by atoms with Crippen LogP contribution in [0, 0.1) is 5.41 Å². The summed E-state index contributed by atoms with van der Waals surface area (Å²) in [6.07, 6.45) is 4.68. The van der Waals surface area contributed by atoms with Crippen LogP contribution in [0.5, 0.6) is 0 Å². The maximum Gasteiger partial charge on any atom is 0.240 e. The summed E-state index contributed by atoms with van der Waals surface area (Å²) in [6, 6.07) is 6.19. The molecule has 1 aliphatic rings. The largest absolute Gasteiger partial charge is 0.385 e. The molecule has 0 aromatic heterocycles. The standard InChI is InChI=1S/C18H29ClN4O3S/c1-20-17(22-14-18(7-4-8-18)9-12-26-2)21-10-11-23-27(24,25)16-6-3-5-15(19)13-16/h3,5-6,13,23H,4,7-12,14H2,1-2H3,(H2,20,21,22). The minimum Gasteiger partial charge on any atom is -0.385 e. The minimum absolute atomic E-state index is 0.155. The second-order valence-corrected chi connectivity index (χ2v) is 9.01. The monoisotopic (exact) mass is 416 g/mol. The number of sulfonamides is 1. The van der Waals surface area contributed by atoms with Gasteiger partial charge in [-0.25, -0.2) is 13.1 Å². The fourth-order valence-electron chi connectivity index (χ4n) is 3.09. The van der Waals surface area contributed by atoms with Crippen molar-refractivity contribution in [2.75, 3.05) is 40.4 Å².